The molecule has 2 aromatic rings. The van der Waals surface area contributed by atoms with Crippen LogP contribution < -0.4 is 48.0 Å². The molecule has 39 heavy (non-hydrogen) atoms. The van der Waals surface area contributed by atoms with Crippen molar-refractivity contribution >= 4 is 11.6 Å². The lowest BCUT2D eigenvalue weighted by atomic mass is 9.83. The zero-order valence-corrected chi connectivity index (χ0v) is 28.3. The minimum atomic E-state index is -0.151. The summed E-state index contributed by atoms with van der Waals surface area (Å²) < 4.78 is 1.89. The molecule has 2 atom stereocenters. The number of benzene rings is 2. The van der Waals surface area contributed by atoms with Gasteiger partial charge in [-0.15, -0.1) is 0 Å². The molecule has 2 saturated heterocycles. The minimum Gasteiger partial charge on any atom is -1.00 e. The predicted molar refractivity (Wildman–Crippen MR) is 152 cm³/mol. The summed E-state index contributed by atoms with van der Waals surface area (Å²) in [4.78, 5) is 28.1. The van der Waals surface area contributed by atoms with Crippen molar-refractivity contribution in [1.29, 1.82) is 0 Å². The van der Waals surface area contributed by atoms with Crippen LogP contribution in [0.4, 0.5) is 0 Å². The molecule has 0 spiro atoms. The maximum absolute atomic E-state index is 14.0. The molecule has 2 aromatic carbocycles. The number of hydrogen-bond donors (Lipinski definition) is 0. The van der Waals surface area contributed by atoms with Crippen molar-refractivity contribution in [3.63, 3.8) is 0 Å². The van der Waals surface area contributed by atoms with E-state index < -0.39 is 0 Å². The molecule has 2 aliphatic rings. The molecule has 0 amide bonds. The molecule has 2 heterocycles. The molecule has 2 fully saturated rings. The Morgan fingerprint density at radius 1 is 0.564 bits per heavy atom. The van der Waals surface area contributed by atoms with Crippen LogP contribution in [-0.4, -0.2) is 73.9 Å². The van der Waals surface area contributed by atoms with Gasteiger partial charge in [-0.2, -0.15) is 0 Å². The molecular formula is C33H48I2N2O2. The Balaban J connectivity index is 0.00000267. The summed E-state index contributed by atoms with van der Waals surface area (Å²) in [5.41, 5.74) is 1.57. The van der Waals surface area contributed by atoms with Gasteiger partial charge < -0.3 is 56.9 Å². The molecule has 4 rings (SSSR count). The number of halogens is 2. The summed E-state index contributed by atoms with van der Waals surface area (Å²) in [6, 6.07) is 19.6. The van der Waals surface area contributed by atoms with Gasteiger partial charge in [-0.25, -0.2) is 0 Å². The normalized spacial score (nSPS) is 20.2. The molecular weight excluding hydrogens is 710 g/mol. The first-order valence-electron chi connectivity index (χ1n) is 14.7. The first kappa shape index (κ1) is 34.4. The molecule has 0 aliphatic carbocycles. The van der Waals surface area contributed by atoms with Crippen LogP contribution in [0.5, 0.6) is 0 Å². The van der Waals surface area contributed by atoms with Crippen molar-refractivity contribution < 1.29 is 66.5 Å². The number of carbonyl (C=O) groups is 2. The molecule has 4 nitrogen and oxygen atoms in total. The Labute approximate surface area is 271 Å². The number of Topliss-reactive ketones (excluding diaryl/α,β-unsaturated/α-hetero) is 2. The predicted octanol–water partition coefficient (Wildman–Crippen LogP) is 0.424. The number of likely N-dealkylation sites (tertiary alicyclic amines) is 2. The lowest BCUT2D eigenvalue weighted by Crippen LogP contribution is -3.00. The summed E-state index contributed by atoms with van der Waals surface area (Å²) in [5, 5.41) is 0. The Morgan fingerprint density at radius 3 is 1.18 bits per heavy atom. The van der Waals surface area contributed by atoms with Crippen molar-refractivity contribution in [3.8, 4) is 0 Å². The Bertz CT molecular complexity index is 917. The third-order valence-corrected chi connectivity index (χ3v) is 9.04. The lowest BCUT2D eigenvalue weighted by molar-refractivity contribution is -0.913. The van der Waals surface area contributed by atoms with Crippen LogP contribution in [0.3, 0.4) is 0 Å². The fourth-order valence-electron chi connectivity index (χ4n) is 6.88. The molecule has 0 bridgehead atoms. The molecule has 2 unspecified atom stereocenters. The van der Waals surface area contributed by atoms with Crippen molar-refractivity contribution in [2.45, 2.75) is 57.8 Å². The van der Waals surface area contributed by atoms with Crippen molar-refractivity contribution in [3.05, 3.63) is 71.8 Å². The van der Waals surface area contributed by atoms with Crippen LogP contribution in [0.2, 0.25) is 0 Å². The SMILES string of the molecule is C[N+]1(CC(CC(C[N+]2(C)CCCCCC2)C(=O)c2ccccc2)C(=O)c2ccccc2)CCCCCC1.[I-].[I-]. The number of rotatable bonds is 10. The highest BCUT2D eigenvalue weighted by Gasteiger charge is 2.38. The van der Waals surface area contributed by atoms with Gasteiger partial charge in [0.25, 0.3) is 0 Å². The minimum absolute atomic E-state index is 0. The highest BCUT2D eigenvalue weighted by molar-refractivity contribution is 6.00. The van der Waals surface area contributed by atoms with Crippen molar-refractivity contribution in [1.82, 2.24) is 0 Å². The number of quaternary nitrogens is 2. The van der Waals surface area contributed by atoms with E-state index in [1.807, 2.05) is 60.7 Å². The summed E-state index contributed by atoms with van der Waals surface area (Å²) in [7, 11) is 4.68. The van der Waals surface area contributed by atoms with Crippen molar-refractivity contribution in [2.24, 2.45) is 11.8 Å². The van der Waals surface area contributed by atoms with Gasteiger partial charge in [-0.3, -0.25) is 9.59 Å². The average Bonchev–Trinajstić information content (AvgIpc) is 3.27. The van der Waals surface area contributed by atoms with Gasteiger partial charge in [0.05, 0.1) is 65.2 Å². The van der Waals surface area contributed by atoms with Gasteiger partial charge in [0, 0.05) is 11.1 Å². The molecule has 216 valence electrons. The number of nitrogens with zero attached hydrogens (tertiary/aromatic N) is 2. The summed E-state index contributed by atoms with van der Waals surface area (Å²) in [6.45, 7) is 6.17. The summed E-state index contributed by atoms with van der Waals surface area (Å²) in [5.74, 6) is 0.130. The smallest absolute Gasteiger partial charge is 0.171 e. The number of carbonyl (C=O) groups excluding carboxylic acids is 2. The highest BCUT2D eigenvalue weighted by Crippen LogP contribution is 2.29. The van der Waals surface area contributed by atoms with Crippen LogP contribution in [-0.2, 0) is 0 Å². The zero-order chi connectivity index (χ0) is 26.1. The van der Waals surface area contributed by atoms with Crippen LogP contribution in [0, 0.1) is 11.8 Å². The van der Waals surface area contributed by atoms with E-state index in [1.165, 1.54) is 51.4 Å². The second-order valence-electron chi connectivity index (χ2n) is 12.4. The van der Waals surface area contributed by atoms with Gasteiger partial charge in [-0.1, -0.05) is 60.7 Å². The fraction of sp³-hybridized carbons (Fsp3) is 0.576. The van der Waals surface area contributed by atoms with Gasteiger partial charge in [0.15, 0.2) is 11.6 Å². The topological polar surface area (TPSA) is 34.1 Å². The van der Waals surface area contributed by atoms with E-state index in [2.05, 4.69) is 14.1 Å². The zero-order valence-electron chi connectivity index (χ0n) is 24.0. The number of ketones is 2. The van der Waals surface area contributed by atoms with Crippen LogP contribution >= 0.6 is 0 Å². The molecule has 0 N–H and O–H groups in total. The summed E-state index contributed by atoms with van der Waals surface area (Å²) in [6.07, 6.45) is 10.7. The molecule has 0 radical (unpaired) electrons. The first-order valence-corrected chi connectivity index (χ1v) is 14.7. The van der Waals surface area contributed by atoms with Gasteiger partial charge in [0.1, 0.15) is 0 Å². The quantitative estimate of drug-likeness (QED) is 0.200. The maximum atomic E-state index is 14.0. The molecule has 0 saturated carbocycles. The van der Waals surface area contributed by atoms with Crippen molar-refractivity contribution in [2.75, 3.05) is 53.4 Å². The van der Waals surface area contributed by atoms with E-state index in [1.54, 1.807) is 0 Å². The highest BCUT2D eigenvalue weighted by atomic mass is 127. The Hall–Kier alpha value is -0.840. The third kappa shape index (κ3) is 10.2. The second kappa shape index (κ2) is 16.6. The van der Waals surface area contributed by atoms with E-state index in [-0.39, 0.29) is 71.4 Å². The third-order valence-electron chi connectivity index (χ3n) is 9.04. The fourth-order valence-corrected chi connectivity index (χ4v) is 6.88. The van der Waals surface area contributed by atoms with E-state index in [0.29, 0.717) is 6.42 Å². The van der Waals surface area contributed by atoms with Gasteiger partial charge in [0.2, 0.25) is 0 Å². The Morgan fingerprint density at radius 2 is 0.872 bits per heavy atom. The van der Waals surface area contributed by atoms with Crippen LogP contribution in [0.25, 0.3) is 0 Å². The Kier molecular flexibility index (Phi) is 14.6. The van der Waals surface area contributed by atoms with E-state index in [4.69, 9.17) is 0 Å². The summed E-state index contributed by atoms with van der Waals surface area (Å²) >= 11 is 0. The van der Waals surface area contributed by atoms with E-state index >= 15 is 0 Å². The van der Waals surface area contributed by atoms with Crippen LogP contribution in [0.15, 0.2) is 60.7 Å². The van der Waals surface area contributed by atoms with Gasteiger partial charge in [-0.05, 0) is 57.8 Å². The maximum Gasteiger partial charge on any atom is 0.171 e. The largest absolute Gasteiger partial charge is 1.00 e. The molecule has 0 aromatic heterocycles. The second-order valence-corrected chi connectivity index (χ2v) is 12.4. The monoisotopic (exact) mass is 758 g/mol. The van der Waals surface area contributed by atoms with E-state index in [9.17, 15) is 9.59 Å². The molecule has 2 aliphatic heterocycles. The van der Waals surface area contributed by atoms with Gasteiger partial charge >= 0.3 is 0 Å². The first-order chi connectivity index (χ1) is 17.9. The van der Waals surface area contributed by atoms with E-state index in [0.717, 1.165) is 59.4 Å². The average molecular weight is 759 g/mol. The number of hydrogen-bond acceptors (Lipinski definition) is 2. The standard InChI is InChI=1S/C33H48N2O2.2HI/c1-34(21-13-3-4-14-22-34)26-30(32(36)28-17-9-7-10-18-28)25-31(33(37)29-19-11-8-12-20-29)27-35(2)23-15-5-6-16-24-35;;/h7-12,17-20,30-31H,3-6,13-16,21-27H2,1-2H3;2*1H/q+2;;/p-2. The molecule has 6 heteroatoms. The van der Waals surface area contributed by atoms with Crippen LogP contribution in [0.1, 0.15) is 78.5 Å². The lowest BCUT2D eigenvalue weighted by Gasteiger charge is -2.39.